The van der Waals surface area contributed by atoms with Crippen LogP contribution in [0.2, 0.25) is 0 Å². The van der Waals surface area contributed by atoms with Gasteiger partial charge in [-0.2, -0.15) is 0 Å². The smallest absolute Gasteiger partial charge is 0.335 e. The Labute approximate surface area is 124 Å². The Morgan fingerprint density at radius 1 is 1.20 bits per heavy atom. The Kier molecular flexibility index (Phi) is 5.20. The third kappa shape index (κ3) is 4.40. The Balaban J connectivity index is 1.77. The molecule has 0 spiro atoms. The number of aromatic carboxylic acids is 1. The van der Waals surface area contributed by atoms with Crippen molar-refractivity contribution in [2.45, 2.75) is 5.75 Å². The van der Waals surface area contributed by atoms with E-state index in [1.54, 1.807) is 35.2 Å². The van der Waals surface area contributed by atoms with Crippen LogP contribution in [0.4, 0.5) is 5.69 Å². The van der Waals surface area contributed by atoms with Gasteiger partial charge in [0.05, 0.1) is 11.3 Å². The molecule has 0 aliphatic rings. The van der Waals surface area contributed by atoms with E-state index in [2.05, 4.69) is 5.32 Å². The molecule has 0 aliphatic heterocycles. The van der Waals surface area contributed by atoms with E-state index in [0.29, 0.717) is 11.4 Å². The van der Waals surface area contributed by atoms with Gasteiger partial charge in [-0.15, -0.1) is 23.1 Å². The van der Waals surface area contributed by atoms with E-state index < -0.39 is 5.97 Å². The van der Waals surface area contributed by atoms with Gasteiger partial charge in [0, 0.05) is 16.3 Å². The fourth-order valence-corrected chi connectivity index (χ4v) is 3.20. The molecule has 6 heteroatoms. The summed E-state index contributed by atoms with van der Waals surface area (Å²) >= 11 is 3.23. The monoisotopic (exact) mass is 307 g/mol. The van der Waals surface area contributed by atoms with E-state index >= 15 is 0 Å². The van der Waals surface area contributed by atoms with Crippen molar-refractivity contribution in [3.05, 3.63) is 52.2 Å². The highest BCUT2D eigenvalue weighted by Gasteiger charge is 2.05. The van der Waals surface area contributed by atoms with Crippen LogP contribution in [0.15, 0.2) is 41.8 Å². The van der Waals surface area contributed by atoms with Gasteiger partial charge in [0.15, 0.2) is 0 Å². The maximum Gasteiger partial charge on any atom is 0.335 e. The fraction of sp³-hybridized carbons (Fsp3) is 0.143. The molecule has 0 saturated carbocycles. The molecule has 0 aliphatic carbocycles. The molecule has 2 rings (SSSR count). The van der Waals surface area contributed by atoms with Crippen molar-refractivity contribution in [1.29, 1.82) is 0 Å². The van der Waals surface area contributed by atoms with Crippen LogP contribution in [0, 0.1) is 0 Å². The molecule has 4 nitrogen and oxygen atoms in total. The van der Waals surface area contributed by atoms with E-state index in [-0.39, 0.29) is 11.5 Å². The minimum absolute atomic E-state index is 0.0883. The number of nitrogens with one attached hydrogen (secondary N) is 1. The molecule has 104 valence electrons. The zero-order chi connectivity index (χ0) is 14.4. The molecule has 0 unspecified atom stereocenters. The highest BCUT2D eigenvalue weighted by Crippen LogP contribution is 2.17. The second kappa shape index (κ2) is 7.12. The minimum Gasteiger partial charge on any atom is -0.478 e. The summed E-state index contributed by atoms with van der Waals surface area (Å²) in [5.74, 6) is 0.130. The van der Waals surface area contributed by atoms with Crippen molar-refractivity contribution in [2.24, 2.45) is 0 Å². The Bertz CT molecular complexity index is 579. The number of anilines is 1. The second-order valence-corrected chi connectivity index (χ2v) is 6.02. The number of thioether (sulfide) groups is 1. The largest absolute Gasteiger partial charge is 0.478 e. The summed E-state index contributed by atoms with van der Waals surface area (Å²) in [6, 6.07) is 10.1. The minimum atomic E-state index is -0.977. The zero-order valence-corrected chi connectivity index (χ0v) is 12.2. The topological polar surface area (TPSA) is 66.4 Å². The van der Waals surface area contributed by atoms with Crippen LogP contribution in [0.5, 0.6) is 0 Å². The number of rotatable bonds is 6. The normalized spacial score (nSPS) is 10.2. The number of hydrogen-bond acceptors (Lipinski definition) is 4. The molecule has 1 amide bonds. The van der Waals surface area contributed by atoms with Crippen molar-refractivity contribution in [1.82, 2.24) is 0 Å². The molecule has 2 aromatic rings. The van der Waals surface area contributed by atoms with E-state index in [4.69, 9.17) is 5.11 Å². The first-order chi connectivity index (χ1) is 9.65. The average Bonchev–Trinajstić information content (AvgIpc) is 2.92. The Hall–Kier alpha value is -1.79. The number of carbonyl (C=O) groups excluding carboxylic acids is 1. The summed E-state index contributed by atoms with van der Waals surface area (Å²) in [5.41, 5.74) is 0.812. The lowest BCUT2D eigenvalue weighted by Gasteiger charge is -2.05. The molecule has 20 heavy (non-hydrogen) atoms. The molecule has 0 bridgehead atoms. The van der Waals surface area contributed by atoms with Gasteiger partial charge in [0.25, 0.3) is 0 Å². The van der Waals surface area contributed by atoms with Crippen LogP contribution in [0.1, 0.15) is 15.2 Å². The van der Waals surface area contributed by atoms with E-state index in [1.165, 1.54) is 17.0 Å². The summed E-state index contributed by atoms with van der Waals surface area (Å²) in [5, 5.41) is 13.5. The van der Waals surface area contributed by atoms with Gasteiger partial charge < -0.3 is 10.4 Å². The molecular weight excluding hydrogens is 294 g/mol. The van der Waals surface area contributed by atoms with Gasteiger partial charge in [0.1, 0.15) is 0 Å². The van der Waals surface area contributed by atoms with Crippen LogP contribution >= 0.6 is 23.1 Å². The Morgan fingerprint density at radius 2 is 1.95 bits per heavy atom. The van der Waals surface area contributed by atoms with Crippen molar-refractivity contribution in [3.63, 3.8) is 0 Å². The van der Waals surface area contributed by atoms with Crippen LogP contribution in [0.3, 0.4) is 0 Å². The summed E-state index contributed by atoms with van der Waals surface area (Å²) in [6.07, 6.45) is 0. The summed E-state index contributed by atoms with van der Waals surface area (Å²) in [6.45, 7) is 0. The number of hydrogen-bond donors (Lipinski definition) is 2. The van der Waals surface area contributed by atoms with Crippen LogP contribution in [-0.4, -0.2) is 22.7 Å². The molecule has 1 aromatic heterocycles. The molecule has 0 atom stereocenters. The van der Waals surface area contributed by atoms with Crippen molar-refractivity contribution in [3.8, 4) is 0 Å². The molecule has 1 aromatic carbocycles. The maximum atomic E-state index is 11.7. The number of carboxylic acid groups (broad SMARTS) is 1. The summed E-state index contributed by atoms with van der Waals surface area (Å²) in [7, 11) is 0. The van der Waals surface area contributed by atoms with E-state index in [9.17, 15) is 9.59 Å². The van der Waals surface area contributed by atoms with Crippen LogP contribution < -0.4 is 5.32 Å². The first-order valence-corrected chi connectivity index (χ1v) is 7.92. The average molecular weight is 307 g/mol. The molecule has 0 fully saturated rings. The first kappa shape index (κ1) is 14.6. The van der Waals surface area contributed by atoms with Gasteiger partial charge in [-0.05, 0) is 35.7 Å². The van der Waals surface area contributed by atoms with Crippen LogP contribution in [0.25, 0.3) is 0 Å². The van der Waals surface area contributed by atoms with Gasteiger partial charge in [0.2, 0.25) is 5.91 Å². The third-order valence-corrected chi connectivity index (χ3v) is 4.51. The number of thiophene rings is 1. The predicted octanol–water partition coefficient (Wildman–Crippen LogP) is 3.32. The predicted molar refractivity (Wildman–Crippen MR) is 82.5 cm³/mol. The number of amides is 1. The lowest BCUT2D eigenvalue weighted by Crippen LogP contribution is -2.14. The number of benzene rings is 1. The number of carboxylic acids is 1. The fourth-order valence-electron chi connectivity index (χ4n) is 1.53. The van der Waals surface area contributed by atoms with Gasteiger partial charge in [-0.25, -0.2) is 4.79 Å². The highest BCUT2D eigenvalue weighted by atomic mass is 32.2. The second-order valence-electron chi connectivity index (χ2n) is 4.00. The Morgan fingerprint density at radius 3 is 2.55 bits per heavy atom. The molecule has 1 heterocycles. The highest BCUT2D eigenvalue weighted by molar-refractivity contribution is 7.99. The number of carbonyl (C=O) groups is 2. The molecule has 0 saturated heterocycles. The first-order valence-electron chi connectivity index (χ1n) is 5.88. The summed E-state index contributed by atoms with van der Waals surface area (Å²) in [4.78, 5) is 23.7. The SMILES string of the molecule is O=C(CSCc1cccs1)Nc1ccc(C(=O)O)cc1. The van der Waals surface area contributed by atoms with Gasteiger partial charge >= 0.3 is 5.97 Å². The van der Waals surface area contributed by atoms with Crippen molar-refractivity contribution in [2.75, 3.05) is 11.1 Å². The van der Waals surface area contributed by atoms with Crippen LogP contribution in [-0.2, 0) is 10.5 Å². The van der Waals surface area contributed by atoms with E-state index in [1.807, 2.05) is 17.5 Å². The maximum absolute atomic E-state index is 11.7. The lowest BCUT2D eigenvalue weighted by atomic mass is 10.2. The standard InChI is InChI=1S/C14H13NO3S2/c16-13(9-19-8-12-2-1-7-20-12)15-11-5-3-10(4-6-11)14(17)18/h1-7H,8-9H2,(H,15,16)(H,17,18). The quantitative estimate of drug-likeness (QED) is 0.859. The molecular formula is C14H13NO3S2. The van der Waals surface area contributed by atoms with Crippen molar-refractivity contribution < 1.29 is 14.7 Å². The third-order valence-electron chi connectivity index (χ3n) is 2.47. The molecule has 0 radical (unpaired) electrons. The zero-order valence-electron chi connectivity index (χ0n) is 10.5. The lowest BCUT2D eigenvalue weighted by molar-refractivity contribution is -0.113. The molecule has 2 N–H and O–H groups in total. The van der Waals surface area contributed by atoms with Gasteiger partial charge in [-0.3, -0.25) is 4.79 Å². The van der Waals surface area contributed by atoms with Crippen molar-refractivity contribution >= 4 is 40.7 Å². The van der Waals surface area contributed by atoms with Gasteiger partial charge in [-0.1, -0.05) is 6.07 Å². The summed E-state index contributed by atoms with van der Waals surface area (Å²) < 4.78 is 0. The van der Waals surface area contributed by atoms with E-state index in [0.717, 1.165) is 5.75 Å².